The third kappa shape index (κ3) is 3.81. The number of nitrogens with two attached hydrogens (primary N) is 1. The lowest BCUT2D eigenvalue weighted by atomic mass is 9.77. The van der Waals surface area contributed by atoms with Gasteiger partial charge < -0.3 is 16.0 Å². The predicted octanol–water partition coefficient (Wildman–Crippen LogP) is 3.20. The van der Waals surface area contributed by atoms with E-state index in [1.807, 2.05) is 46.8 Å². The summed E-state index contributed by atoms with van der Waals surface area (Å²) in [4.78, 5) is 27.1. The Hall–Kier alpha value is -1.40. The van der Waals surface area contributed by atoms with Gasteiger partial charge in [-0.25, -0.2) is 0 Å². The molecule has 6 heteroatoms. The predicted molar refractivity (Wildman–Crippen MR) is 99.7 cm³/mol. The molecule has 1 fully saturated rings. The Balaban J connectivity index is 2.24. The first-order chi connectivity index (χ1) is 10.9. The summed E-state index contributed by atoms with van der Waals surface area (Å²) in [5, 5.41) is 2.74. The quantitative estimate of drug-likeness (QED) is 0.716. The molecular formula is C18H26BrN3O2. The summed E-state index contributed by atoms with van der Waals surface area (Å²) in [7, 11) is 0. The lowest BCUT2D eigenvalue weighted by Crippen LogP contribution is -2.66. The minimum Gasteiger partial charge on any atom is -0.328 e. The zero-order valence-electron chi connectivity index (χ0n) is 14.9. The lowest BCUT2D eigenvalue weighted by Gasteiger charge is -2.54. The number of halogens is 1. The van der Waals surface area contributed by atoms with Crippen molar-refractivity contribution in [2.24, 2.45) is 5.73 Å². The van der Waals surface area contributed by atoms with Gasteiger partial charge in [-0.05, 0) is 71.2 Å². The molecule has 0 spiro atoms. The highest BCUT2D eigenvalue weighted by Gasteiger charge is 2.48. The number of nitrogens with zero attached hydrogens (tertiary/aromatic N) is 1. The molecule has 0 atom stereocenters. The molecule has 1 aliphatic heterocycles. The van der Waals surface area contributed by atoms with Gasteiger partial charge in [0, 0.05) is 27.3 Å². The molecule has 3 N–H and O–H groups in total. The van der Waals surface area contributed by atoms with Crippen LogP contribution in [0.3, 0.4) is 0 Å². The van der Waals surface area contributed by atoms with Gasteiger partial charge in [0.2, 0.25) is 0 Å². The molecule has 0 saturated carbocycles. The van der Waals surface area contributed by atoms with Crippen LogP contribution in [-0.2, 0) is 9.59 Å². The zero-order valence-corrected chi connectivity index (χ0v) is 16.5. The fraction of sp³-hybridized carbons (Fsp3) is 0.556. The second-order valence-corrected chi connectivity index (χ2v) is 8.76. The van der Waals surface area contributed by atoms with E-state index < -0.39 is 22.9 Å². The Labute approximate surface area is 152 Å². The van der Waals surface area contributed by atoms with E-state index in [0.29, 0.717) is 18.5 Å². The second-order valence-electron chi connectivity index (χ2n) is 7.85. The Morgan fingerprint density at radius 1 is 1.21 bits per heavy atom. The van der Waals surface area contributed by atoms with Crippen LogP contribution in [0.2, 0.25) is 0 Å². The molecule has 1 aromatic carbocycles. The maximum atomic E-state index is 12.9. The molecule has 24 heavy (non-hydrogen) atoms. The van der Waals surface area contributed by atoms with Crippen LogP contribution in [0.4, 0.5) is 5.69 Å². The molecule has 1 aliphatic rings. The Morgan fingerprint density at radius 2 is 1.75 bits per heavy atom. The van der Waals surface area contributed by atoms with E-state index >= 15 is 0 Å². The normalized spacial score (nSPS) is 19.9. The van der Waals surface area contributed by atoms with Gasteiger partial charge >= 0.3 is 11.8 Å². The van der Waals surface area contributed by atoms with Gasteiger partial charge in [0.25, 0.3) is 0 Å². The first-order valence-corrected chi connectivity index (χ1v) is 8.91. The number of aryl methyl sites for hydroxylation is 1. The van der Waals surface area contributed by atoms with Crippen LogP contribution in [0.1, 0.15) is 46.1 Å². The van der Waals surface area contributed by atoms with Crippen molar-refractivity contribution in [3.63, 3.8) is 0 Å². The summed E-state index contributed by atoms with van der Waals surface area (Å²) in [6.45, 7) is 9.74. The maximum Gasteiger partial charge on any atom is 0.313 e. The van der Waals surface area contributed by atoms with E-state index in [0.717, 1.165) is 10.0 Å². The Morgan fingerprint density at radius 3 is 2.25 bits per heavy atom. The molecule has 1 aromatic rings. The number of carbonyl (C=O) groups excluding carboxylic acids is 2. The first kappa shape index (κ1) is 18.9. The highest BCUT2D eigenvalue weighted by Crippen LogP contribution is 2.38. The first-order valence-electron chi connectivity index (χ1n) is 8.11. The summed E-state index contributed by atoms with van der Waals surface area (Å²) in [5.41, 5.74) is 6.74. The van der Waals surface area contributed by atoms with Gasteiger partial charge in [-0.1, -0.05) is 15.9 Å². The molecule has 2 amide bonds. The minimum atomic E-state index is -0.614. The number of carbonyl (C=O) groups is 2. The van der Waals surface area contributed by atoms with Crippen molar-refractivity contribution in [1.82, 2.24) is 4.90 Å². The molecule has 5 nitrogen and oxygen atoms in total. The van der Waals surface area contributed by atoms with E-state index in [2.05, 4.69) is 21.2 Å². The highest BCUT2D eigenvalue weighted by molar-refractivity contribution is 9.10. The van der Waals surface area contributed by atoms with Crippen LogP contribution < -0.4 is 11.1 Å². The van der Waals surface area contributed by atoms with Gasteiger partial charge in [-0.3, -0.25) is 9.59 Å². The third-order valence-corrected chi connectivity index (χ3v) is 5.06. The van der Waals surface area contributed by atoms with Crippen LogP contribution >= 0.6 is 15.9 Å². The fourth-order valence-corrected chi connectivity index (χ4v) is 4.43. The van der Waals surface area contributed by atoms with E-state index in [4.69, 9.17) is 5.73 Å². The number of likely N-dealkylation sites (tertiary alicyclic amines) is 1. The number of hydrogen-bond acceptors (Lipinski definition) is 3. The largest absolute Gasteiger partial charge is 0.328 e. The van der Waals surface area contributed by atoms with Gasteiger partial charge in [0.1, 0.15) is 0 Å². The number of benzene rings is 1. The number of amides is 2. The van der Waals surface area contributed by atoms with E-state index in [9.17, 15) is 9.59 Å². The smallest absolute Gasteiger partial charge is 0.313 e. The van der Waals surface area contributed by atoms with Gasteiger partial charge in [-0.15, -0.1) is 0 Å². The Bertz CT molecular complexity index is 652. The average molecular weight is 396 g/mol. The topological polar surface area (TPSA) is 75.4 Å². The van der Waals surface area contributed by atoms with Crippen LogP contribution in [0.15, 0.2) is 22.7 Å². The van der Waals surface area contributed by atoms with Gasteiger partial charge in [-0.2, -0.15) is 0 Å². The molecule has 132 valence electrons. The fourth-order valence-electron chi connectivity index (χ4n) is 3.95. The molecule has 2 rings (SSSR count). The minimum absolute atomic E-state index is 0.0239. The summed E-state index contributed by atoms with van der Waals surface area (Å²) in [6, 6.07) is 5.54. The van der Waals surface area contributed by atoms with Crippen LogP contribution in [0.5, 0.6) is 0 Å². The third-order valence-electron chi connectivity index (χ3n) is 4.57. The van der Waals surface area contributed by atoms with Crippen molar-refractivity contribution < 1.29 is 9.59 Å². The van der Waals surface area contributed by atoms with E-state index in [-0.39, 0.29) is 6.04 Å². The van der Waals surface area contributed by atoms with Crippen molar-refractivity contribution in [3.05, 3.63) is 28.2 Å². The van der Waals surface area contributed by atoms with E-state index in [1.165, 1.54) is 0 Å². The molecule has 1 saturated heterocycles. The van der Waals surface area contributed by atoms with Crippen molar-refractivity contribution in [2.45, 2.75) is 64.6 Å². The maximum absolute atomic E-state index is 12.9. The van der Waals surface area contributed by atoms with Crippen LogP contribution in [-0.4, -0.2) is 33.8 Å². The second kappa shape index (κ2) is 6.48. The summed E-state index contributed by atoms with van der Waals surface area (Å²) in [5.74, 6) is -1.13. The molecule has 0 unspecified atom stereocenters. The number of piperidine rings is 1. The van der Waals surface area contributed by atoms with Crippen LogP contribution in [0, 0.1) is 6.92 Å². The average Bonchev–Trinajstić information content (AvgIpc) is 2.38. The molecule has 0 bridgehead atoms. The molecule has 0 aromatic heterocycles. The monoisotopic (exact) mass is 395 g/mol. The van der Waals surface area contributed by atoms with Crippen molar-refractivity contribution in [2.75, 3.05) is 5.32 Å². The molecule has 0 aliphatic carbocycles. The Kier molecular flexibility index (Phi) is 5.11. The molecular weight excluding hydrogens is 370 g/mol. The summed E-state index contributed by atoms with van der Waals surface area (Å²) >= 11 is 3.39. The number of rotatable bonds is 1. The van der Waals surface area contributed by atoms with Gasteiger partial charge in [0.15, 0.2) is 0 Å². The lowest BCUT2D eigenvalue weighted by molar-refractivity contribution is -0.156. The zero-order chi connectivity index (χ0) is 18.3. The molecule has 1 heterocycles. The number of hydrogen-bond donors (Lipinski definition) is 2. The van der Waals surface area contributed by atoms with Crippen molar-refractivity contribution in [3.8, 4) is 0 Å². The summed E-state index contributed by atoms with van der Waals surface area (Å²) in [6.07, 6.45) is 1.35. The van der Waals surface area contributed by atoms with E-state index in [1.54, 1.807) is 11.0 Å². The highest BCUT2D eigenvalue weighted by atomic mass is 79.9. The summed E-state index contributed by atoms with van der Waals surface area (Å²) < 4.78 is 0.927. The van der Waals surface area contributed by atoms with Crippen LogP contribution in [0.25, 0.3) is 0 Å². The SMILES string of the molecule is Cc1cc(Br)ccc1NC(=O)C(=O)N1C(C)(C)CC(N)CC1(C)C. The number of nitrogens with one attached hydrogen (secondary N) is 1. The van der Waals surface area contributed by atoms with Crippen molar-refractivity contribution >= 4 is 33.4 Å². The van der Waals surface area contributed by atoms with Gasteiger partial charge in [0.05, 0.1) is 0 Å². The molecule has 0 radical (unpaired) electrons. The number of anilines is 1. The standard InChI is InChI=1S/C18H26BrN3O2/c1-11-8-12(19)6-7-14(11)21-15(23)16(24)22-17(2,3)9-13(20)10-18(22,4)5/h6-8,13H,9-10,20H2,1-5H3,(H,21,23). The van der Waals surface area contributed by atoms with Crippen molar-refractivity contribution in [1.29, 1.82) is 0 Å².